The minimum atomic E-state index is 0.324. The second kappa shape index (κ2) is 5.14. The van der Waals surface area contributed by atoms with E-state index in [9.17, 15) is 0 Å². The minimum absolute atomic E-state index is 0.324. The summed E-state index contributed by atoms with van der Waals surface area (Å²) < 4.78 is 7.73. The van der Waals surface area contributed by atoms with E-state index in [4.69, 9.17) is 4.74 Å². The Morgan fingerprint density at radius 1 is 1.35 bits per heavy atom. The average molecular weight is 236 g/mol. The third-order valence-electron chi connectivity index (χ3n) is 3.47. The maximum absolute atomic E-state index is 5.74. The van der Waals surface area contributed by atoms with Gasteiger partial charge >= 0.3 is 0 Å². The molecule has 1 aromatic heterocycles. The number of rotatable bonds is 5. The molecule has 5 heteroatoms. The first-order chi connectivity index (χ1) is 8.42. The largest absolute Gasteiger partial charge is 0.376 e. The van der Waals surface area contributed by atoms with Crippen LogP contribution in [0.1, 0.15) is 37.9 Å². The molecule has 5 nitrogen and oxygen atoms in total. The van der Waals surface area contributed by atoms with Crippen LogP contribution in [0, 0.1) is 0 Å². The first-order valence-electron chi connectivity index (χ1n) is 6.63. The summed E-state index contributed by atoms with van der Waals surface area (Å²) in [4.78, 5) is 4.32. The lowest BCUT2D eigenvalue weighted by molar-refractivity contribution is 0.00338. The predicted octanol–water partition coefficient (Wildman–Crippen LogP) is 1.10. The monoisotopic (exact) mass is 236 g/mol. The molecule has 0 radical (unpaired) electrons. The molecule has 2 aliphatic rings. The zero-order valence-electron chi connectivity index (χ0n) is 10.1. The summed E-state index contributed by atoms with van der Waals surface area (Å²) in [6.45, 7) is 2.58. The van der Waals surface area contributed by atoms with Gasteiger partial charge in [0.15, 0.2) is 0 Å². The van der Waals surface area contributed by atoms with E-state index < -0.39 is 0 Å². The van der Waals surface area contributed by atoms with Crippen molar-refractivity contribution in [3.8, 4) is 0 Å². The molecule has 0 spiro atoms. The predicted molar refractivity (Wildman–Crippen MR) is 63.5 cm³/mol. The van der Waals surface area contributed by atoms with Crippen LogP contribution in [0.5, 0.6) is 0 Å². The van der Waals surface area contributed by atoms with Crippen LogP contribution in [-0.2, 0) is 17.8 Å². The smallest absolute Gasteiger partial charge is 0.140 e. The number of ether oxygens (including phenoxy) is 1. The van der Waals surface area contributed by atoms with E-state index in [1.165, 1.54) is 25.7 Å². The molecule has 1 atom stereocenters. The van der Waals surface area contributed by atoms with Crippen LogP contribution in [-0.4, -0.2) is 33.5 Å². The number of hydrogen-bond acceptors (Lipinski definition) is 4. The van der Waals surface area contributed by atoms with Gasteiger partial charge in [-0.05, 0) is 32.1 Å². The van der Waals surface area contributed by atoms with Crippen molar-refractivity contribution in [1.29, 1.82) is 0 Å². The first-order valence-corrected chi connectivity index (χ1v) is 6.63. The van der Waals surface area contributed by atoms with Crippen LogP contribution in [0.3, 0.4) is 0 Å². The summed E-state index contributed by atoms with van der Waals surface area (Å²) >= 11 is 0. The van der Waals surface area contributed by atoms with Crippen molar-refractivity contribution in [3.63, 3.8) is 0 Å². The van der Waals surface area contributed by atoms with E-state index in [1.807, 2.05) is 4.68 Å². The highest BCUT2D eigenvalue weighted by molar-refractivity contribution is 4.89. The standard InChI is InChI=1S/C12H20N4O/c1-2-6-17-11(3-1)8-16-12(14-9-15-16)7-13-10-4-5-10/h9-11,13H,1-8H2. The maximum Gasteiger partial charge on any atom is 0.140 e. The van der Waals surface area contributed by atoms with Crippen molar-refractivity contribution >= 4 is 0 Å². The second-order valence-corrected chi connectivity index (χ2v) is 5.00. The first kappa shape index (κ1) is 11.2. The Morgan fingerprint density at radius 2 is 2.29 bits per heavy atom. The van der Waals surface area contributed by atoms with Gasteiger partial charge < -0.3 is 10.1 Å². The Morgan fingerprint density at radius 3 is 3.06 bits per heavy atom. The molecule has 94 valence electrons. The Kier molecular flexibility index (Phi) is 3.38. The zero-order chi connectivity index (χ0) is 11.5. The van der Waals surface area contributed by atoms with E-state index in [1.54, 1.807) is 6.33 Å². The Hall–Kier alpha value is -0.940. The molecule has 17 heavy (non-hydrogen) atoms. The van der Waals surface area contributed by atoms with E-state index in [0.717, 1.165) is 31.9 Å². The fourth-order valence-electron chi connectivity index (χ4n) is 2.24. The summed E-state index contributed by atoms with van der Waals surface area (Å²) in [6, 6.07) is 0.714. The Labute approximate surface area is 102 Å². The van der Waals surface area contributed by atoms with Gasteiger partial charge in [-0.3, -0.25) is 0 Å². The number of nitrogens with one attached hydrogen (secondary N) is 1. The summed E-state index contributed by atoms with van der Waals surface area (Å²) in [5.41, 5.74) is 0. The highest BCUT2D eigenvalue weighted by atomic mass is 16.5. The van der Waals surface area contributed by atoms with Crippen LogP contribution >= 0.6 is 0 Å². The highest BCUT2D eigenvalue weighted by Gasteiger charge is 2.22. The zero-order valence-corrected chi connectivity index (χ0v) is 10.1. The fraction of sp³-hybridized carbons (Fsp3) is 0.833. The Balaban J connectivity index is 1.55. The van der Waals surface area contributed by atoms with Gasteiger partial charge in [-0.2, -0.15) is 5.10 Å². The third-order valence-corrected chi connectivity index (χ3v) is 3.47. The lowest BCUT2D eigenvalue weighted by atomic mass is 10.1. The molecular weight excluding hydrogens is 216 g/mol. The lowest BCUT2D eigenvalue weighted by Crippen LogP contribution is -2.27. The summed E-state index contributed by atoms with van der Waals surface area (Å²) in [7, 11) is 0. The SMILES string of the molecule is c1nc(CNC2CC2)n(CC2CCCCO2)n1. The van der Waals surface area contributed by atoms with E-state index in [0.29, 0.717) is 12.1 Å². The van der Waals surface area contributed by atoms with Gasteiger partial charge in [0, 0.05) is 12.6 Å². The van der Waals surface area contributed by atoms with Crippen molar-refractivity contribution in [1.82, 2.24) is 20.1 Å². The minimum Gasteiger partial charge on any atom is -0.376 e. The van der Waals surface area contributed by atoms with E-state index in [2.05, 4.69) is 15.4 Å². The van der Waals surface area contributed by atoms with Crippen LogP contribution in [0.15, 0.2) is 6.33 Å². The van der Waals surface area contributed by atoms with Crippen LogP contribution < -0.4 is 5.32 Å². The maximum atomic E-state index is 5.74. The Bertz CT molecular complexity index is 355. The van der Waals surface area contributed by atoms with Crippen molar-refractivity contribution in [2.75, 3.05) is 6.61 Å². The second-order valence-electron chi connectivity index (χ2n) is 5.00. The molecule has 2 fully saturated rings. The van der Waals surface area contributed by atoms with Gasteiger partial charge in [0.05, 0.1) is 19.2 Å². The summed E-state index contributed by atoms with van der Waals surface area (Å²) in [5.74, 6) is 1.03. The normalized spacial score (nSPS) is 25.1. The molecule has 2 heterocycles. The molecule has 0 amide bonds. The highest BCUT2D eigenvalue weighted by Crippen LogP contribution is 2.19. The number of aromatic nitrogens is 3. The van der Waals surface area contributed by atoms with Gasteiger partial charge in [0.1, 0.15) is 12.2 Å². The molecule has 0 aromatic carbocycles. The van der Waals surface area contributed by atoms with Crippen molar-refractivity contribution in [3.05, 3.63) is 12.2 Å². The van der Waals surface area contributed by atoms with Crippen molar-refractivity contribution in [2.45, 2.75) is 57.3 Å². The summed E-state index contributed by atoms with van der Waals surface area (Å²) in [5, 5.41) is 7.77. The van der Waals surface area contributed by atoms with Crippen LogP contribution in [0.2, 0.25) is 0 Å². The van der Waals surface area contributed by atoms with Gasteiger partial charge in [-0.1, -0.05) is 0 Å². The quantitative estimate of drug-likeness (QED) is 0.831. The van der Waals surface area contributed by atoms with Crippen LogP contribution in [0.4, 0.5) is 0 Å². The van der Waals surface area contributed by atoms with Crippen molar-refractivity contribution < 1.29 is 4.74 Å². The lowest BCUT2D eigenvalue weighted by Gasteiger charge is -2.22. The third kappa shape index (κ3) is 3.04. The molecule has 1 aliphatic heterocycles. The fourth-order valence-corrected chi connectivity index (χ4v) is 2.24. The number of hydrogen-bond donors (Lipinski definition) is 1. The van der Waals surface area contributed by atoms with Crippen LogP contribution in [0.25, 0.3) is 0 Å². The van der Waals surface area contributed by atoms with E-state index >= 15 is 0 Å². The van der Waals surface area contributed by atoms with Crippen molar-refractivity contribution in [2.24, 2.45) is 0 Å². The molecule has 1 saturated carbocycles. The molecule has 0 bridgehead atoms. The molecular formula is C12H20N4O. The van der Waals surface area contributed by atoms with Gasteiger partial charge in [0.25, 0.3) is 0 Å². The van der Waals surface area contributed by atoms with Gasteiger partial charge in [0.2, 0.25) is 0 Å². The van der Waals surface area contributed by atoms with Gasteiger partial charge in [-0.15, -0.1) is 0 Å². The van der Waals surface area contributed by atoms with Gasteiger partial charge in [-0.25, -0.2) is 9.67 Å². The molecule has 1 aromatic rings. The number of nitrogens with zero attached hydrogens (tertiary/aromatic N) is 3. The summed E-state index contributed by atoms with van der Waals surface area (Å²) in [6.07, 6.45) is 8.20. The average Bonchev–Trinajstić information content (AvgIpc) is 3.09. The molecule has 3 rings (SSSR count). The molecule has 1 aliphatic carbocycles. The molecule has 1 saturated heterocycles. The van der Waals surface area contributed by atoms with E-state index in [-0.39, 0.29) is 0 Å². The topological polar surface area (TPSA) is 52.0 Å². The molecule has 1 N–H and O–H groups in total. The molecule has 1 unspecified atom stereocenters.